The van der Waals surface area contributed by atoms with Crippen LogP contribution < -0.4 is 5.32 Å². The summed E-state index contributed by atoms with van der Waals surface area (Å²) in [6.07, 6.45) is 1.58. The molecule has 0 aliphatic carbocycles. The van der Waals surface area contributed by atoms with Crippen molar-refractivity contribution in [2.45, 2.75) is 20.0 Å². The van der Waals surface area contributed by atoms with Gasteiger partial charge >= 0.3 is 0 Å². The van der Waals surface area contributed by atoms with E-state index in [1.54, 1.807) is 23.6 Å². The number of hydrogen-bond acceptors (Lipinski definition) is 5. The molecule has 2 aromatic rings. The third kappa shape index (κ3) is 5.18. The maximum Gasteiger partial charge on any atom is 0.251 e. The van der Waals surface area contributed by atoms with Crippen LogP contribution >= 0.6 is 0 Å². The Labute approximate surface area is 160 Å². The van der Waals surface area contributed by atoms with Gasteiger partial charge in [-0.2, -0.15) is 4.31 Å². The fourth-order valence-electron chi connectivity index (χ4n) is 3.05. The number of furan rings is 1. The van der Waals surface area contributed by atoms with Gasteiger partial charge in [0.05, 0.1) is 18.6 Å². The highest BCUT2D eigenvalue weighted by Crippen LogP contribution is 2.13. The Balaban J connectivity index is 1.49. The Kier molecular flexibility index (Phi) is 6.30. The quantitative estimate of drug-likeness (QED) is 0.776. The summed E-state index contributed by atoms with van der Waals surface area (Å²) < 4.78 is 30.6. The Morgan fingerprint density at radius 1 is 1.11 bits per heavy atom. The Hall–Kier alpha value is -2.16. The average molecular weight is 391 g/mol. The minimum Gasteiger partial charge on any atom is -0.467 e. The molecule has 0 atom stereocenters. The number of rotatable bonds is 7. The van der Waals surface area contributed by atoms with Crippen LogP contribution in [-0.4, -0.2) is 55.5 Å². The molecular formula is C19H25N3O4S. The molecule has 7 nitrogen and oxygen atoms in total. The molecular weight excluding hydrogens is 366 g/mol. The number of benzene rings is 1. The molecule has 1 aliphatic heterocycles. The van der Waals surface area contributed by atoms with E-state index in [0.29, 0.717) is 44.0 Å². The summed E-state index contributed by atoms with van der Waals surface area (Å²) >= 11 is 0. The van der Waals surface area contributed by atoms with Crippen molar-refractivity contribution in [3.8, 4) is 0 Å². The summed E-state index contributed by atoms with van der Waals surface area (Å²) in [4.78, 5) is 14.4. The van der Waals surface area contributed by atoms with Crippen LogP contribution in [0.1, 0.15) is 28.6 Å². The molecule has 0 bridgehead atoms. The number of sulfonamides is 1. The lowest BCUT2D eigenvalue weighted by Crippen LogP contribution is -2.48. The van der Waals surface area contributed by atoms with E-state index in [9.17, 15) is 13.2 Å². The van der Waals surface area contributed by atoms with Gasteiger partial charge in [0.2, 0.25) is 10.0 Å². The summed E-state index contributed by atoms with van der Waals surface area (Å²) in [7, 11) is -3.10. The number of amides is 1. The maximum absolute atomic E-state index is 12.2. The first kappa shape index (κ1) is 19.6. The predicted molar refractivity (Wildman–Crippen MR) is 103 cm³/mol. The van der Waals surface area contributed by atoms with Crippen molar-refractivity contribution >= 4 is 15.9 Å². The van der Waals surface area contributed by atoms with Crippen LogP contribution in [0.4, 0.5) is 0 Å². The smallest absolute Gasteiger partial charge is 0.251 e. The topological polar surface area (TPSA) is 82.9 Å². The maximum atomic E-state index is 12.2. The molecule has 2 heterocycles. The van der Waals surface area contributed by atoms with E-state index in [2.05, 4.69) is 10.2 Å². The molecule has 1 N–H and O–H groups in total. The van der Waals surface area contributed by atoms with Crippen LogP contribution in [0.2, 0.25) is 0 Å². The predicted octanol–water partition coefficient (Wildman–Crippen LogP) is 1.68. The van der Waals surface area contributed by atoms with Crippen LogP contribution in [0.15, 0.2) is 47.1 Å². The van der Waals surface area contributed by atoms with E-state index in [1.807, 2.05) is 30.3 Å². The largest absolute Gasteiger partial charge is 0.467 e. The molecule has 8 heteroatoms. The van der Waals surface area contributed by atoms with Gasteiger partial charge in [0.1, 0.15) is 5.76 Å². The molecule has 3 rings (SSSR count). The molecule has 0 radical (unpaired) electrons. The highest BCUT2D eigenvalue weighted by molar-refractivity contribution is 7.89. The molecule has 1 aromatic carbocycles. The molecule has 0 spiro atoms. The Morgan fingerprint density at radius 2 is 1.81 bits per heavy atom. The van der Waals surface area contributed by atoms with Gasteiger partial charge in [-0.15, -0.1) is 0 Å². The second kappa shape index (κ2) is 8.69. The van der Waals surface area contributed by atoms with Crippen molar-refractivity contribution in [3.63, 3.8) is 0 Å². The van der Waals surface area contributed by atoms with E-state index in [1.165, 1.54) is 0 Å². The summed E-state index contributed by atoms with van der Waals surface area (Å²) in [5.41, 5.74) is 1.70. The van der Waals surface area contributed by atoms with Crippen LogP contribution in [0, 0.1) is 0 Å². The summed E-state index contributed by atoms with van der Waals surface area (Å²) in [5.74, 6) is 0.719. The summed E-state index contributed by atoms with van der Waals surface area (Å²) in [6.45, 7) is 5.27. The second-order valence-electron chi connectivity index (χ2n) is 6.53. The van der Waals surface area contributed by atoms with Crippen molar-refractivity contribution in [2.75, 3.05) is 31.9 Å². The first-order chi connectivity index (χ1) is 13.0. The van der Waals surface area contributed by atoms with Crippen molar-refractivity contribution < 1.29 is 17.6 Å². The molecule has 1 saturated heterocycles. The number of hydrogen-bond donors (Lipinski definition) is 1. The second-order valence-corrected chi connectivity index (χ2v) is 8.79. The summed E-state index contributed by atoms with van der Waals surface area (Å²) in [6, 6.07) is 11.1. The highest BCUT2D eigenvalue weighted by Gasteiger charge is 2.25. The summed E-state index contributed by atoms with van der Waals surface area (Å²) in [5, 5.41) is 2.82. The van der Waals surface area contributed by atoms with Crippen molar-refractivity contribution in [2.24, 2.45) is 0 Å². The molecule has 27 heavy (non-hydrogen) atoms. The van der Waals surface area contributed by atoms with E-state index in [0.717, 1.165) is 12.1 Å². The van der Waals surface area contributed by atoms with E-state index < -0.39 is 10.0 Å². The van der Waals surface area contributed by atoms with Gasteiger partial charge in [-0.3, -0.25) is 9.69 Å². The number of nitrogens with zero attached hydrogens (tertiary/aromatic N) is 2. The molecule has 1 amide bonds. The van der Waals surface area contributed by atoms with Crippen LogP contribution in [0.5, 0.6) is 0 Å². The van der Waals surface area contributed by atoms with Gasteiger partial charge in [0.15, 0.2) is 0 Å². The SMILES string of the molecule is CCS(=O)(=O)N1CCN(Cc2ccc(C(=O)NCc3ccco3)cc2)CC1. The highest BCUT2D eigenvalue weighted by atomic mass is 32.2. The molecule has 1 aromatic heterocycles. The lowest BCUT2D eigenvalue weighted by molar-refractivity contribution is 0.0948. The zero-order valence-corrected chi connectivity index (χ0v) is 16.2. The molecule has 146 valence electrons. The Morgan fingerprint density at radius 3 is 2.41 bits per heavy atom. The standard InChI is InChI=1S/C19H25N3O4S/c1-2-27(24,25)22-11-9-21(10-12-22)15-16-5-7-17(8-6-16)19(23)20-14-18-4-3-13-26-18/h3-8,13H,2,9-12,14-15H2,1H3,(H,20,23). The van der Waals surface area contributed by atoms with Crippen molar-refractivity contribution in [1.82, 2.24) is 14.5 Å². The van der Waals surface area contributed by atoms with Crippen molar-refractivity contribution in [3.05, 3.63) is 59.5 Å². The first-order valence-electron chi connectivity index (χ1n) is 9.07. The monoisotopic (exact) mass is 391 g/mol. The van der Waals surface area contributed by atoms with E-state index in [4.69, 9.17) is 4.42 Å². The van der Waals surface area contributed by atoms with Crippen LogP contribution in [-0.2, 0) is 23.1 Å². The number of carbonyl (C=O) groups excluding carboxylic acids is 1. The lowest BCUT2D eigenvalue weighted by Gasteiger charge is -2.33. The third-order valence-corrected chi connectivity index (χ3v) is 6.60. The van der Waals surface area contributed by atoms with Crippen LogP contribution in [0.25, 0.3) is 0 Å². The fourth-order valence-corrected chi connectivity index (χ4v) is 4.14. The first-order valence-corrected chi connectivity index (χ1v) is 10.7. The van der Waals surface area contributed by atoms with Gasteiger partial charge in [-0.25, -0.2) is 8.42 Å². The number of piperazine rings is 1. The fraction of sp³-hybridized carbons (Fsp3) is 0.421. The Bertz CT molecular complexity index is 840. The van der Waals surface area contributed by atoms with Gasteiger partial charge in [-0.1, -0.05) is 12.1 Å². The van der Waals surface area contributed by atoms with Gasteiger partial charge in [0, 0.05) is 38.3 Å². The minimum atomic E-state index is -3.10. The minimum absolute atomic E-state index is 0.142. The zero-order valence-electron chi connectivity index (χ0n) is 15.4. The van der Waals surface area contributed by atoms with Crippen LogP contribution in [0.3, 0.4) is 0 Å². The average Bonchev–Trinajstić information content (AvgIpc) is 3.21. The van der Waals surface area contributed by atoms with Crippen molar-refractivity contribution in [1.29, 1.82) is 0 Å². The molecule has 0 unspecified atom stereocenters. The third-order valence-electron chi connectivity index (χ3n) is 4.72. The normalized spacial score (nSPS) is 16.3. The molecule has 0 saturated carbocycles. The van der Waals surface area contributed by atoms with E-state index in [-0.39, 0.29) is 11.7 Å². The zero-order chi connectivity index (χ0) is 19.3. The number of carbonyl (C=O) groups is 1. The van der Waals surface area contributed by atoms with Gasteiger partial charge < -0.3 is 9.73 Å². The van der Waals surface area contributed by atoms with Gasteiger partial charge in [-0.05, 0) is 36.8 Å². The molecule has 1 fully saturated rings. The number of nitrogens with one attached hydrogen (secondary N) is 1. The van der Waals surface area contributed by atoms with E-state index >= 15 is 0 Å². The van der Waals surface area contributed by atoms with Gasteiger partial charge in [0.25, 0.3) is 5.91 Å². The lowest BCUT2D eigenvalue weighted by atomic mass is 10.1. The molecule has 1 aliphatic rings.